The summed E-state index contributed by atoms with van der Waals surface area (Å²) in [5.41, 5.74) is 1.80. The molecule has 2 N–H and O–H groups in total. The topological polar surface area (TPSA) is 113 Å². The highest BCUT2D eigenvalue weighted by molar-refractivity contribution is 7.14. The number of rotatable bonds is 9. The Balaban J connectivity index is 1.10. The number of hydrogen-bond acceptors (Lipinski definition) is 9. The Hall–Kier alpha value is -3.80. The van der Waals surface area contributed by atoms with Gasteiger partial charge in [0.15, 0.2) is 11.2 Å². The van der Waals surface area contributed by atoms with Crippen LogP contribution in [-0.2, 0) is 19.1 Å². The van der Waals surface area contributed by atoms with E-state index in [0.717, 1.165) is 87.9 Å². The number of benzene rings is 2. The van der Waals surface area contributed by atoms with Crippen molar-refractivity contribution in [2.75, 3.05) is 51.4 Å². The van der Waals surface area contributed by atoms with Crippen LogP contribution in [0.4, 0.5) is 5.13 Å². The lowest BCUT2D eigenvalue weighted by Crippen LogP contribution is -2.60. The van der Waals surface area contributed by atoms with Crippen LogP contribution in [0.2, 0.25) is 0 Å². The zero-order valence-corrected chi connectivity index (χ0v) is 27.2. The highest BCUT2D eigenvalue weighted by Crippen LogP contribution is 2.32. The van der Waals surface area contributed by atoms with Crippen molar-refractivity contribution in [2.24, 2.45) is 0 Å². The van der Waals surface area contributed by atoms with E-state index in [0.29, 0.717) is 30.0 Å². The Kier molecular flexibility index (Phi) is 10.3. The van der Waals surface area contributed by atoms with E-state index in [-0.39, 0.29) is 11.8 Å². The van der Waals surface area contributed by atoms with Gasteiger partial charge in [-0.2, -0.15) is 0 Å². The van der Waals surface area contributed by atoms with Gasteiger partial charge < -0.3 is 25.0 Å². The first-order chi connectivity index (χ1) is 22.5. The van der Waals surface area contributed by atoms with Crippen LogP contribution in [0.15, 0.2) is 60.0 Å². The maximum absolute atomic E-state index is 13.8. The van der Waals surface area contributed by atoms with E-state index in [1.54, 1.807) is 47.7 Å². The van der Waals surface area contributed by atoms with Crippen molar-refractivity contribution in [3.8, 4) is 11.3 Å². The third-order valence-corrected chi connectivity index (χ3v) is 10.5. The number of nitrogens with zero attached hydrogens (tertiary/aromatic N) is 3. The summed E-state index contributed by atoms with van der Waals surface area (Å²) in [6.45, 7) is 5.71. The van der Waals surface area contributed by atoms with Gasteiger partial charge in [0, 0.05) is 48.7 Å². The van der Waals surface area contributed by atoms with E-state index in [1.165, 1.54) is 7.11 Å². The van der Waals surface area contributed by atoms with Crippen LogP contribution < -0.4 is 15.5 Å². The van der Waals surface area contributed by atoms with Gasteiger partial charge in [-0.1, -0.05) is 61.7 Å². The van der Waals surface area contributed by atoms with Crippen molar-refractivity contribution in [1.82, 2.24) is 20.5 Å². The lowest BCUT2D eigenvalue weighted by atomic mass is 9.80. The van der Waals surface area contributed by atoms with Gasteiger partial charge in [-0.25, -0.2) is 9.78 Å². The second-order valence-electron chi connectivity index (χ2n) is 12.4. The number of esters is 1. The highest BCUT2D eigenvalue weighted by atomic mass is 32.1. The normalized spacial score (nSPS) is 19.6. The molecule has 6 rings (SSSR count). The number of hydrogen-bond donors (Lipinski definition) is 2. The van der Waals surface area contributed by atoms with Gasteiger partial charge in [-0.05, 0) is 43.4 Å². The molecule has 1 atom stereocenters. The Morgan fingerprint density at radius 1 is 0.957 bits per heavy atom. The van der Waals surface area contributed by atoms with Crippen LogP contribution in [0.3, 0.4) is 0 Å². The van der Waals surface area contributed by atoms with Gasteiger partial charge in [0.2, 0.25) is 5.91 Å². The Bertz CT molecular complexity index is 1480. The zero-order chi connectivity index (χ0) is 31.9. The number of carbonyl (C=O) groups excluding carboxylic acids is 3. The monoisotopic (exact) mass is 645 g/mol. The van der Waals surface area contributed by atoms with E-state index < -0.39 is 17.6 Å². The number of methoxy groups -OCH3 is 1. The van der Waals surface area contributed by atoms with Gasteiger partial charge in [0.05, 0.1) is 26.0 Å². The molecular weight excluding hydrogens is 602 g/mol. The number of morpholine rings is 1. The third kappa shape index (κ3) is 7.27. The first kappa shape index (κ1) is 32.2. The zero-order valence-electron chi connectivity index (χ0n) is 26.4. The molecule has 0 radical (unpaired) electrons. The fraction of sp³-hybridized carbons (Fsp3) is 0.486. The molecule has 2 aromatic carbocycles. The first-order valence-corrected chi connectivity index (χ1v) is 17.2. The van der Waals surface area contributed by atoms with Crippen LogP contribution in [0.1, 0.15) is 66.9 Å². The fourth-order valence-corrected chi connectivity index (χ4v) is 7.75. The van der Waals surface area contributed by atoms with Crippen molar-refractivity contribution in [3.05, 3.63) is 71.1 Å². The summed E-state index contributed by atoms with van der Waals surface area (Å²) in [5, 5.41) is 9.05. The number of carbonyl (C=O) groups is 3. The molecule has 1 aromatic heterocycles. The number of aromatic nitrogens is 1. The lowest BCUT2D eigenvalue weighted by molar-refractivity contribution is -0.146. The average Bonchev–Trinajstić information content (AvgIpc) is 3.62. The summed E-state index contributed by atoms with van der Waals surface area (Å²) in [4.78, 5) is 49.9. The fourth-order valence-electron chi connectivity index (χ4n) is 6.86. The molecule has 1 saturated carbocycles. The largest absolute Gasteiger partial charge is 0.467 e. The summed E-state index contributed by atoms with van der Waals surface area (Å²) in [5.74, 6) is -1.25. The van der Waals surface area contributed by atoms with E-state index in [9.17, 15) is 14.4 Å². The van der Waals surface area contributed by atoms with Crippen molar-refractivity contribution >= 4 is 34.3 Å². The van der Waals surface area contributed by atoms with Crippen molar-refractivity contribution < 1.29 is 23.9 Å². The minimum Gasteiger partial charge on any atom is -0.467 e. The van der Waals surface area contributed by atoms with Gasteiger partial charge in [-0.3, -0.25) is 14.5 Å². The molecule has 0 spiro atoms. The van der Waals surface area contributed by atoms with Crippen molar-refractivity contribution in [2.45, 2.75) is 62.6 Å². The van der Waals surface area contributed by atoms with E-state index >= 15 is 0 Å². The number of piperidine rings is 1. The van der Waals surface area contributed by atoms with Gasteiger partial charge in [0.25, 0.3) is 5.91 Å². The second-order valence-corrected chi connectivity index (χ2v) is 13.2. The molecule has 1 aliphatic carbocycles. The maximum Gasteiger partial charge on any atom is 0.333 e. The molecule has 2 aliphatic heterocycles. The summed E-state index contributed by atoms with van der Waals surface area (Å²) < 4.78 is 10.5. The highest BCUT2D eigenvalue weighted by Gasteiger charge is 2.43. The molecule has 10 nitrogen and oxygen atoms in total. The van der Waals surface area contributed by atoms with Crippen LogP contribution >= 0.6 is 11.3 Å². The number of nitrogens with one attached hydrogen (secondary N) is 2. The molecule has 3 aromatic rings. The first-order valence-electron chi connectivity index (χ1n) is 16.3. The molecule has 2 amide bonds. The smallest absolute Gasteiger partial charge is 0.333 e. The molecule has 0 bridgehead atoms. The molecule has 2 saturated heterocycles. The third-order valence-electron chi connectivity index (χ3n) is 9.57. The minimum atomic E-state index is -1.12. The SMILES string of the molecule is COC(=O)[C@@H](NC(=O)C1(NC(=O)c2ccc(-c3csc(N4CCC(N5CCOCC5)CC4)n3)cc2)CCCCC1)c1ccccc1. The summed E-state index contributed by atoms with van der Waals surface area (Å²) in [7, 11) is 1.30. The van der Waals surface area contributed by atoms with Gasteiger partial charge in [-0.15, -0.1) is 11.3 Å². The number of anilines is 1. The molecule has 3 heterocycles. The Morgan fingerprint density at radius 2 is 1.65 bits per heavy atom. The summed E-state index contributed by atoms with van der Waals surface area (Å²) in [6.07, 6.45) is 5.85. The standard InChI is InChI=1S/C35H43N5O5S/c1-44-32(42)30(26-8-4-2-5-9-26)37-33(43)35(16-6-3-7-17-35)38-31(41)27-12-10-25(11-13-27)29-24-46-34(36-29)40-18-14-28(15-19-40)39-20-22-45-23-21-39/h2,4-5,8-13,24,28,30H,3,6-7,14-23H2,1H3,(H,37,43)(H,38,41)/t30-/m0/s1. The number of thiazole rings is 1. The minimum absolute atomic E-state index is 0.319. The molecule has 3 fully saturated rings. The van der Waals surface area contributed by atoms with Crippen LogP contribution in [0.5, 0.6) is 0 Å². The Labute approximate surface area is 274 Å². The molecule has 0 unspecified atom stereocenters. The van der Waals surface area contributed by atoms with Crippen molar-refractivity contribution in [1.29, 1.82) is 0 Å². The number of amides is 2. The van der Waals surface area contributed by atoms with Crippen LogP contribution in [0, 0.1) is 0 Å². The van der Waals surface area contributed by atoms with Gasteiger partial charge >= 0.3 is 5.97 Å². The quantitative estimate of drug-likeness (QED) is 0.326. The predicted octanol–water partition coefficient (Wildman–Crippen LogP) is 4.57. The van der Waals surface area contributed by atoms with Gasteiger partial charge in [0.1, 0.15) is 5.54 Å². The number of ether oxygens (including phenoxy) is 2. The lowest BCUT2D eigenvalue weighted by Gasteiger charge is -2.40. The van der Waals surface area contributed by atoms with Crippen LogP contribution in [-0.4, -0.2) is 85.8 Å². The molecule has 3 aliphatic rings. The van der Waals surface area contributed by atoms with E-state index in [2.05, 4.69) is 25.8 Å². The molecule has 244 valence electrons. The second kappa shape index (κ2) is 14.7. The predicted molar refractivity (Wildman–Crippen MR) is 178 cm³/mol. The molecule has 11 heteroatoms. The van der Waals surface area contributed by atoms with E-state index in [4.69, 9.17) is 14.5 Å². The molecule has 46 heavy (non-hydrogen) atoms. The molecular formula is C35H43N5O5S. The summed E-state index contributed by atoms with van der Waals surface area (Å²) in [6, 6.07) is 16.1. The van der Waals surface area contributed by atoms with Crippen molar-refractivity contribution in [3.63, 3.8) is 0 Å². The van der Waals surface area contributed by atoms with E-state index in [1.807, 2.05) is 18.2 Å². The van der Waals surface area contributed by atoms with Crippen LogP contribution in [0.25, 0.3) is 11.3 Å². The maximum atomic E-state index is 13.8. The Morgan fingerprint density at radius 3 is 2.33 bits per heavy atom. The average molecular weight is 646 g/mol. The summed E-state index contributed by atoms with van der Waals surface area (Å²) >= 11 is 1.66.